The van der Waals surface area contributed by atoms with E-state index in [4.69, 9.17) is 0 Å². The molecule has 2 rings (SSSR count). The summed E-state index contributed by atoms with van der Waals surface area (Å²) in [5.74, 6) is 0.830. The zero-order valence-electron chi connectivity index (χ0n) is 12.7. The molecule has 1 aromatic heterocycles. The van der Waals surface area contributed by atoms with Gasteiger partial charge in [-0.15, -0.1) is 0 Å². The van der Waals surface area contributed by atoms with Gasteiger partial charge < -0.3 is 10.2 Å². The van der Waals surface area contributed by atoms with Crippen molar-refractivity contribution < 1.29 is 0 Å². The molecule has 0 aromatic carbocycles. The number of anilines is 1. The van der Waals surface area contributed by atoms with E-state index < -0.39 is 0 Å². The molecule has 106 valence electrons. The number of nitrogens with zero attached hydrogens (tertiary/aromatic N) is 2. The highest BCUT2D eigenvalue weighted by Gasteiger charge is 2.36. The minimum atomic E-state index is 0.299. The molecular weight excluding hydrogens is 234 g/mol. The summed E-state index contributed by atoms with van der Waals surface area (Å²) >= 11 is 0. The van der Waals surface area contributed by atoms with Gasteiger partial charge in [0.15, 0.2) is 0 Å². The molecule has 1 saturated carbocycles. The summed E-state index contributed by atoms with van der Waals surface area (Å²) < 4.78 is 0. The Bertz CT molecular complexity index is 416. The third-order valence-electron chi connectivity index (χ3n) is 4.64. The van der Waals surface area contributed by atoms with Crippen molar-refractivity contribution >= 4 is 5.69 Å². The van der Waals surface area contributed by atoms with Crippen LogP contribution in [0.5, 0.6) is 0 Å². The third kappa shape index (κ3) is 3.27. The number of rotatable bonds is 4. The van der Waals surface area contributed by atoms with Gasteiger partial charge in [-0.3, -0.25) is 4.98 Å². The van der Waals surface area contributed by atoms with Gasteiger partial charge in [-0.1, -0.05) is 19.8 Å². The SMILES string of the molecule is Cc1cnccc1NCC1(N(C)C)CCCC(C)C1. The average molecular weight is 261 g/mol. The van der Waals surface area contributed by atoms with E-state index in [0.29, 0.717) is 5.54 Å². The van der Waals surface area contributed by atoms with Crippen LogP contribution >= 0.6 is 0 Å². The van der Waals surface area contributed by atoms with E-state index in [2.05, 4.69) is 49.2 Å². The molecule has 0 amide bonds. The van der Waals surface area contributed by atoms with E-state index in [1.54, 1.807) is 0 Å². The number of nitrogens with one attached hydrogen (secondary N) is 1. The first-order valence-electron chi connectivity index (χ1n) is 7.35. The second kappa shape index (κ2) is 5.91. The molecule has 0 bridgehead atoms. The summed E-state index contributed by atoms with van der Waals surface area (Å²) in [4.78, 5) is 6.58. The van der Waals surface area contributed by atoms with Crippen LogP contribution < -0.4 is 5.32 Å². The molecule has 1 N–H and O–H groups in total. The van der Waals surface area contributed by atoms with Gasteiger partial charge in [-0.05, 0) is 51.4 Å². The third-order valence-corrected chi connectivity index (χ3v) is 4.64. The van der Waals surface area contributed by atoms with Gasteiger partial charge in [-0.2, -0.15) is 0 Å². The first-order valence-corrected chi connectivity index (χ1v) is 7.35. The smallest absolute Gasteiger partial charge is 0.0401 e. The first-order chi connectivity index (χ1) is 9.03. The van der Waals surface area contributed by atoms with E-state index in [9.17, 15) is 0 Å². The Balaban J connectivity index is 2.07. The van der Waals surface area contributed by atoms with Crippen LogP contribution in [0, 0.1) is 12.8 Å². The molecule has 19 heavy (non-hydrogen) atoms. The molecule has 2 atom stereocenters. The number of pyridine rings is 1. The maximum Gasteiger partial charge on any atom is 0.0401 e. The van der Waals surface area contributed by atoms with Crippen LogP contribution in [0.15, 0.2) is 18.5 Å². The van der Waals surface area contributed by atoms with Crippen molar-refractivity contribution in [3.8, 4) is 0 Å². The molecule has 3 heteroatoms. The second-order valence-corrected chi connectivity index (χ2v) is 6.36. The monoisotopic (exact) mass is 261 g/mol. The molecule has 1 fully saturated rings. The van der Waals surface area contributed by atoms with E-state index in [0.717, 1.165) is 12.5 Å². The maximum atomic E-state index is 4.15. The Hall–Kier alpha value is -1.09. The van der Waals surface area contributed by atoms with Gasteiger partial charge in [0.05, 0.1) is 0 Å². The van der Waals surface area contributed by atoms with Gasteiger partial charge in [0, 0.05) is 30.2 Å². The lowest BCUT2D eigenvalue weighted by atomic mass is 9.75. The molecule has 0 aliphatic heterocycles. The van der Waals surface area contributed by atoms with Crippen molar-refractivity contribution in [1.29, 1.82) is 0 Å². The minimum absolute atomic E-state index is 0.299. The fourth-order valence-corrected chi connectivity index (χ4v) is 3.29. The normalized spacial score (nSPS) is 27.5. The van der Waals surface area contributed by atoms with Crippen molar-refractivity contribution in [2.24, 2.45) is 5.92 Å². The lowest BCUT2D eigenvalue weighted by Gasteiger charge is -2.45. The van der Waals surface area contributed by atoms with Crippen LogP contribution in [0.4, 0.5) is 5.69 Å². The molecule has 1 aliphatic rings. The summed E-state index contributed by atoms with van der Waals surface area (Å²) in [6, 6.07) is 2.07. The number of hydrogen-bond donors (Lipinski definition) is 1. The summed E-state index contributed by atoms with van der Waals surface area (Å²) in [6.45, 7) is 5.52. The predicted octanol–water partition coefficient (Wildman–Crippen LogP) is 3.31. The van der Waals surface area contributed by atoms with Crippen molar-refractivity contribution in [2.75, 3.05) is 26.0 Å². The van der Waals surface area contributed by atoms with E-state index >= 15 is 0 Å². The predicted molar refractivity (Wildman–Crippen MR) is 81.5 cm³/mol. The standard InChI is InChI=1S/C16H27N3/c1-13-6-5-8-16(10-13,19(3)4)12-18-15-7-9-17-11-14(15)2/h7,9,11,13H,5-6,8,10,12H2,1-4H3,(H,17,18). The van der Waals surface area contributed by atoms with Gasteiger partial charge in [0.25, 0.3) is 0 Å². The highest BCUT2D eigenvalue weighted by molar-refractivity contribution is 5.48. The van der Waals surface area contributed by atoms with Crippen molar-refractivity contribution in [3.63, 3.8) is 0 Å². The molecule has 1 heterocycles. The fourth-order valence-electron chi connectivity index (χ4n) is 3.29. The van der Waals surface area contributed by atoms with Crippen LogP contribution in [0.25, 0.3) is 0 Å². The van der Waals surface area contributed by atoms with Gasteiger partial charge in [0.2, 0.25) is 0 Å². The molecule has 2 unspecified atom stereocenters. The van der Waals surface area contributed by atoms with Crippen molar-refractivity contribution in [1.82, 2.24) is 9.88 Å². The number of likely N-dealkylation sites (N-methyl/N-ethyl adjacent to an activating group) is 1. The zero-order valence-corrected chi connectivity index (χ0v) is 12.7. The molecule has 0 radical (unpaired) electrons. The Morgan fingerprint density at radius 2 is 2.26 bits per heavy atom. The number of aromatic nitrogens is 1. The minimum Gasteiger partial charge on any atom is -0.383 e. The van der Waals surface area contributed by atoms with E-state index in [1.807, 2.05) is 12.4 Å². The largest absolute Gasteiger partial charge is 0.383 e. The average Bonchev–Trinajstić information content (AvgIpc) is 2.38. The summed E-state index contributed by atoms with van der Waals surface area (Å²) in [7, 11) is 4.44. The molecule has 1 aromatic rings. The maximum absolute atomic E-state index is 4.15. The lowest BCUT2D eigenvalue weighted by Crippen LogP contribution is -2.52. The summed E-state index contributed by atoms with van der Waals surface area (Å²) in [5, 5.41) is 3.64. The van der Waals surface area contributed by atoms with E-state index in [1.165, 1.54) is 36.9 Å². The molecule has 3 nitrogen and oxygen atoms in total. The van der Waals surface area contributed by atoms with Gasteiger partial charge >= 0.3 is 0 Å². The number of hydrogen-bond acceptors (Lipinski definition) is 3. The second-order valence-electron chi connectivity index (χ2n) is 6.36. The first kappa shape index (κ1) is 14.3. The van der Waals surface area contributed by atoms with E-state index in [-0.39, 0.29) is 0 Å². The van der Waals surface area contributed by atoms with Crippen molar-refractivity contribution in [3.05, 3.63) is 24.0 Å². The number of aryl methyl sites for hydroxylation is 1. The van der Waals surface area contributed by atoms with Crippen LogP contribution in [0.3, 0.4) is 0 Å². The van der Waals surface area contributed by atoms with Crippen LogP contribution in [0.2, 0.25) is 0 Å². The molecule has 0 saturated heterocycles. The van der Waals surface area contributed by atoms with Crippen LogP contribution in [-0.4, -0.2) is 36.1 Å². The fraction of sp³-hybridized carbons (Fsp3) is 0.688. The Kier molecular flexibility index (Phi) is 4.46. The van der Waals surface area contributed by atoms with Gasteiger partial charge in [-0.25, -0.2) is 0 Å². The molecule has 1 aliphatic carbocycles. The molecule has 0 spiro atoms. The summed E-state index contributed by atoms with van der Waals surface area (Å²) in [5.41, 5.74) is 2.74. The Labute approximate surface area is 117 Å². The quantitative estimate of drug-likeness (QED) is 0.901. The van der Waals surface area contributed by atoms with Crippen molar-refractivity contribution in [2.45, 2.75) is 45.1 Å². The highest BCUT2D eigenvalue weighted by Crippen LogP contribution is 2.36. The Morgan fingerprint density at radius 1 is 1.47 bits per heavy atom. The topological polar surface area (TPSA) is 28.2 Å². The molecular formula is C16H27N3. The Morgan fingerprint density at radius 3 is 2.89 bits per heavy atom. The zero-order chi connectivity index (χ0) is 13.9. The summed E-state index contributed by atoms with van der Waals surface area (Å²) in [6.07, 6.45) is 9.09. The van der Waals surface area contributed by atoms with Crippen LogP contribution in [-0.2, 0) is 0 Å². The van der Waals surface area contributed by atoms with Gasteiger partial charge in [0.1, 0.15) is 0 Å². The highest BCUT2D eigenvalue weighted by atomic mass is 15.2. The van der Waals surface area contributed by atoms with Crippen LogP contribution in [0.1, 0.15) is 38.2 Å². The lowest BCUT2D eigenvalue weighted by molar-refractivity contribution is 0.0882.